The van der Waals surface area contributed by atoms with E-state index in [-0.39, 0.29) is 0 Å². The highest BCUT2D eigenvalue weighted by Gasteiger charge is 1.98. The molecule has 0 aromatic carbocycles. The summed E-state index contributed by atoms with van der Waals surface area (Å²) in [7, 11) is 1.94. The van der Waals surface area contributed by atoms with E-state index < -0.39 is 0 Å². The summed E-state index contributed by atoms with van der Waals surface area (Å²) in [5.41, 5.74) is 3.71. The van der Waals surface area contributed by atoms with Crippen LogP contribution in [0.3, 0.4) is 0 Å². The molecule has 1 N–H and O–H groups in total. The maximum Gasteiger partial charge on any atom is 0.0313 e. The minimum Gasteiger partial charge on any atom is -0.316 e. The predicted octanol–water partition coefficient (Wildman–Crippen LogP) is 1.79. The number of rotatable bonds is 4. The standard InChI is InChI=1S/C13H15N3/c1-14-8-13-7-12(9-16-10-13)6-11-2-4-15-5-3-11/h2-5,7,9-10,14H,6,8H2,1H3. The molecule has 0 radical (unpaired) electrons. The summed E-state index contributed by atoms with van der Waals surface area (Å²) in [4.78, 5) is 8.25. The van der Waals surface area contributed by atoms with Crippen LogP contribution in [0.5, 0.6) is 0 Å². The first kappa shape index (κ1) is 10.8. The molecular formula is C13H15N3. The third kappa shape index (κ3) is 2.87. The van der Waals surface area contributed by atoms with Crippen molar-refractivity contribution in [2.45, 2.75) is 13.0 Å². The summed E-state index contributed by atoms with van der Waals surface area (Å²) in [6.07, 6.45) is 8.36. The SMILES string of the molecule is CNCc1cncc(Cc2ccncc2)c1. The number of nitrogens with one attached hydrogen (secondary N) is 1. The van der Waals surface area contributed by atoms with Crippen molar-refractivity contribution in [1.82, 2.24) is 15.3 Å². The smallest absolute Gasteiger partial charge is 0.0313 e. The molecule has 0 bridgehead atoms. The van der Waals surface area contributed by atoms with Crippen molar-refractivity contribution in [2.75, 3.05) is 7.05 Å². The van der Waals surface area contributed by atoms with E-state index in [2.05, 4.69) is 21.4 Å². The van der Waals surface area contributed by atoms with E-state index in [1.165, 1.54) is 16.7 Å². The molecule has 0 aliphatic heterocycles. The summed E-state index contributed by atoms with van der Waals surface area (Å²) < 4.78 is 0. The lowest BCUT2D eigenvalue weighted by molar-refractivity contribution is 0.811. The lowest BCUT2D eigenvalue weighted by Gasteiger charge is -2.04. The molecular weight excluding hydrogens is 198 g/mol. The van der Waals surface area contributed by atoms with Crippen molar-refractivity contribution in [3.63, 3.8) is 0 Å². The van der Waals surface area contributed by atoms with E-state index in [4.69, 9.17) is 0 Å². The van der Waals surface area contributed by atoms with Gasteiger partial charge in [0, 0.05) is 31.3 Å². The Labute approximate surface area is 95.6 Å². The van der Waals surface area contributed by atoms with Gasteiger partial charge in [0.05, 0.1) is 0 Å². The molecule has 0 aliphatic rings. The summed E-state index contributed by atoms with van der Waals surface area (Å²) in [5, 5.41) is 3.13. The fraction of sp³-hybridized carbons (Fsp3) is 0.231. The molecule has 0 spiro atoms. The van der Waals surface area contributed by atoms with Crippen LogP contribution in [0.25, 0.3) is 0 Å². The molecule has 16 heavy (non-hydrogen) atoms. The highest BCUT2D eigenvalue weighted by Crippen LogP contribution is 2.09. The van der Waals surface area contributed by atoms with Crippen molar-refractivity contribution in [1.29, 1.82) is 0 Å². The Balaban J connectivity index is 2.12. The maximum absolute atomic E-state index is 4.24. The molecule has 2 rings (SSSR count). The summed E-state index contributed by atoms with van der Waals surface area (Å²) >= 11 is 0. The molecule has 2 heterocycles. The molecule has 82 valence electrons. The highest BCUT2D eigenvalue weighted by molar-refractivity contribution is 5.25. The molecule has 0 saturated carbocycles. The molecule has 3 nitrogen and oxygen atoms in total. The molecule has 3 heteroatoms. The monoisotopic (exact) mass is 213 g/mol. The second-order valence-electron chi connectivity index (χ2n) is 3.76. The zero-order valence-electron chi connectivity index (χ0n) is 9.35. The van der Waals surface area contributed by atoms with Crippen LogP contribution in [0.15, 0.2) is 43.0 Å². The summed E-state index contributed by atoms with van der Waals surface area (Å²) in [5.74, 6) is 0. The van der Waals surface area contributed by atoms with Crippen LogP contribution in [0.1, 0.15) is 16.7 Å². The number of aromatic nitrogens is 2. The summed E-state index contributed by atoms with van der Waals surface area (Å²) in [6.45, 7) is 0.858. The van der Waals surface area contributed by atoms with Gasteiger partial charge < -0.3 is 5.32 Å². The average molecular weight is 213 g/mol. The normalized spacial score (nSPS) is 10.3. The zero-order chi connectivity index (χ0) is 11.2. The van der Waals surface area contributed by atoms with Gasteiger partial charge in [-0.2, -0.15) is 0 Å². The minimum atomic E-state index is 0.858. The van der Waals surface area contributed by atoms with Gasteiger partial charge in [0.1, 0.15) is 0 Å². The van der Waals surface area contributed by atoms with Crippen LogP contribution >= 0.6 is 0 Å². The number of pyridine rings is 2. The Morgan fingerprint density at radius 1 is 1.00 bits per heavy atom. The van der Waals surface area contributed by atoms with Crippen LogP contribution in [-0.2, 0) is 13.0 Å². The Kier molecular flexibility index (Phi) is 3.62. The molecule has 0 unspecified atom stereocenters. The van der Waals surface area contributed by atoms with Crippen molar-refractivity contribution in [3.8, 4) is 0 Å². The fourth-order valence-electron chi connectivity index (χ4n) is 1.68. The second kappa shape index (κ2) is 5.37. The van der Waals surface area contributed by atoms with Crippen LogP contribution in [0, 0.1) is 0 Å². The van der Waals surface area contributed by atoms with Gasteiger partial charge in [-0.15, -0.1) is 0 Å². The van der Waals surface area contributed by atoms with Crippen molar-refractivity contribution in [3.05, 3.63) is 59.7 Å². The fourth-order valence-corrected chi connectivity index (χ4v) is 1.68. The summed E-state index contributed by atoms with van der Waals surface area (Å²) in [6, 6.07) is 6.25. The highest BCUT2D eigenvalue weighted by atomic mass is 14.8. The molecule has 0 aliphatic carbocycles. The Bertz CT molecular complexity index is 440. The van der Waals surface area contributed by atoms with Crippen molar-refractivity contribution >= 4 is 0 Å². The third-order valence-corrected chi connectivity index (χ3v) is 2.39. The van der Waals surface area contributed by atoms with Crippen molar-refractivity contribution < 1.29 is 0 Å². The average Bonchev–Trinajstić information content (AvgIpc) is 2.31. The van der Waals surface area contributed by atoms with Gasteiger partial charge in [-0.25, -0.2) is 0 Å². The van der Waals surface area contributed by atoms with Gasteiger partial charge in [-0.3, -0.25) is 9.97 Å². The van der Waals surface area contributed by atoms with Gasteiger partial charge in [0.2, 0.25) is 0 Å². The zero-order valence-corrected chi connectivity index (χ0v) is 9.35. The van der Waals surface area contributed by atoms with Crippen LogP contribution in [0.4, 0.5) is 0 Å². The number of hydrogen-bond donors (Lipinski definition) is 1. The topological polar surface area (TPSA) is 37.8 Å². The predicted molar refractivity (Wildman–Crippen MR) is 64.0 cm³/mol. The van der Waals surface area contributed by atoms with Gasteiger partial charge >= 0.3 is 0 Å². The second-order valence-corrected chi connectivity index (χ2v) is 3.76. The van der Waals surface area contributed by atoms with Gasteiger partial charge in [-0.05, 0) is 42.3 Å². The van der Waals surface area contributed by atoms with Gasteiger partial charge in [0.25, 0.3) is 0 Å². The molecule has 0 atom stereocenters. The van der Waals surface area contributed by atoms with Crippen LogP contribution in [-0.4, -0.2) is 17.0 Å². The van der Waals surface area contributed by atoms with E-state index in [0.29, 0.717) is 0 Å². The molecule has 0 fully saturated rings. The Morgan fingerprint density at radius 2 is 1.75 bits per heavy atom. The van der Waals surface area contributed by atoms with Crippen LogP contribution < -0.4 is 5.32 Å². The van der Waals surface area contributed by atoms with E-state index in [1.807, 2.05) is 44.0 Å². The van der Waals surface area contributed by atoms with E-state index in [0.717, 1.165) is 13.0 Å². The lowest BCUT2D eigenvalue weighted by atomic mass is 10.1. The third-order valence-electron chi connectivity index (χ3n) is 2.39. The number of hydrogen-bond acceptors (Lipinski definition) is 3. The first-order valence-electron chi connectivity index (χ1n) is 5.35. The van der Waals surface area contributed by atoms with Crippen LogP contribution in [0.2, 0.25) is 0 Å². The van der Waals surface area contributed by atoms with E-state index >= 15 is 0 Å². The Hall–Kier alpha value is -1.74. The minimum absolute atomic E-state index is 0.858. The Morgan fingerprint density at radius 3 is 2.50 bits per heavy atom. The lowest BCUT2D eigenvalue weighted by Crippen LogP contribution is -2.05. The van der Waals surface area contributed by atoms with E-state index in [9.17, 15) is 0 Å². The largest absolute Gasteiger partial charge is 0.316 e. The first-order chi connectivity index (χ1) is 7.88. The quantitative estimate of drug-likeness (QED) is 0.841. The molecule has 0 saturated heterocycles. The van der Waals surface area contributed by atoms with Crippen molar-refractivity contribution in [2.24, 2.45) is 0 Å². The molecule has 0 amide bonds. The van der Waals surface area contributed by atoms with Gasteiger partial charge in [-0.1, -0.05) is 6.07 Å². The van der Waals surface area contributed by atoms with Gasteiger partial charge in [0.15, 0.2) is 0 Å². The number of nitrogens with zero attached hydrogens (tertiary/aromatic N) is 2. The molecule has 2 aromatic heterocycles. The maximum atomic E-state index is 4.24. The molecule has 2 aromatic rings. The first-order valence-corrected chi connectivity index (χ1v) is 5.35. The van der Waals surface area contributed by atoms with E-state index in [1.54, 1.807) is 0 Å².